The summed E-state index contributed by atoms with van der Waals surface area (Å²) in [5.74, 6) is 5.23. The van der Waals surface area contributed by atoms with Crippen LogP contribution in [0.2, 0.25) is 0 Å². The van der Waals surface area contributed by atoms with E-state index in [9.17, 15) is 0 Å². The van der Waals surface area contributed by atoms with E-state index in [0.29, 0.717) is 12.0 Å². The van der Waals surface area contributed by atoms with Gasteiger partial charge in [0.25, 0.3) is 0 Å². The number of hydrogen-bond acceptors (Lipinski definition) is 4. The molecule has 0 atom stereocenters. The highest BCUT2D eigenvalue weighted by Gasteiger charge is 2.50. The van der Waals surface area contributed by atoms with Crippen molar-refractivity contribution in [2.75, 3.05) is 5.75 Å². The molecule has 4 aliphatic rings. The van der Waals surface area contributed by atoms with Crippen molar-refractivity contribution in [2.24, 2.45) is 36.0 Å². The normalized spacial score (nSPS) is 37.3. The van der Waals surface area contributed by atoms with E-state index in [4.69, 9.17) is 5.73 Å². The molecule has 0 radical (unpaired) electrons. The van der Waals surface area contributed by atoms with Crippen LogP contribution in [0.15, 0.2) is 5.16 Å². The van der Waals surface area contributed by atoms with Crippen LogP contribution in [0.25, 0.3) is 0 Å². The second-order valence-corrected chi connectivity index (χ2v) is 8.74. The third-order valence-corrected chi connectivity index (χ3v) is 7.16. The fourth-order valence-electron chi connectivity index (χ4n) is 5.60. The smallest absolute Gasteiger partial charge is 0.190 e. The summed E-state index contributed by atoms with van der Waals surface area (Å²) < 4.78 is 2.05. The van der Waals surface area contributed by atoms with E-state index >= 15 is 0 Å². The van der Waals surface area contributed by atoms with E-state index in [1.54, 1.807) is 0 Å². The monoisotopic (exact) mass is 306 g/mol. The minimum Gasteiger partial charge on any atom is -0.324 e. The predicted octanol–water partition coefficient (Wildman–Crippen LogP) is 2.97. The van der Waals surface area contributed by atoms with Crippen molar-refractivity contribution < 1.29 is 0 Å². The van der Waals surface area contributed by atoms with Crippen molar-refractivity contribution >= 4 is 11.8 Å². The second kappa shape index (κ2) is 5.27. The highest BCUT2D eigenvalue weighted by atomic mass is 32.2. The number of aromatic nitrogens is 3. The lowest BCUT2D eigenvalue weighted by Crippen LogP contribution is -2.46. The molecule has 2 N–H and O–H groups in total. The Kier molecular flexibility index (Phi) is 3.53. The lowest BCUT2D eigenvalue weighted by molar-refractivity contribution is -0.0538. The van der Waals surface area contributed by atoms with Gasteiger partial charge in [0.1, 0.15) is 5.82 Å². The zero-order chi connectivity index (χ0) is 14.4. The predicted molar refractivity (Wildman–Crippen MR) is 84.8 cm³/mol. The van der Waals surface area contributed by atoms with Crippen LogP contribution in [0.4, 0.5) is 0 Å². The van der Waals surface area contributed by atoms with Crippen LogP contribution < -0.4 is 5.73 Å². The van der Waals surface area contributed by atoms with Gasteiger partial charge in [0, 0.05) is 12.8 Å². The molecular weight excluding hydrogens is 280 g/mol. The van der Waals surface area contributed by atoms with Crippen molar-refractivity contribution in [1.82, 2.24) is 14.8 Å². The summed E-state index contributed by atoms with van der Waals surface area (Å²) in [4.78, 5) is 0. The zero-order valence-electron chi connectivity index (χ0n) is 12.9. The van der Waals surface area contributed by atoms with Crippen molar-refractivity contribution in [3.8, 4) is 0 Å². The Morgan fingerprint density at radius 2 is 1.76 bits per heavy atom. The van der Waals surface area contributed by atoms with E-state index in [1.165, 1.54) is 50.7 Å². The Bertz CT molecular complexity index is 489. The summed E-state index contributed by atoms with van der Waals surface area (Å²) in [6, 6.07) is 0. The Balaban J connectivity index is 1.37. The summed E-state index contributed by atoms with van der Waals surface area (Å²) in [6.07, 6.45) is 10.5. The van der Waals surface area contributed by atoms with Gasteiger partial charge in [-0.3, -0.25) is 0 Å². The first-order valence-corrected chi connectivity index (χ1v) is 9.37. The Morgan fingerprint density at radius 3 is 2.29 bits per heavy atom. The number of rotatable bonds is 5. The number of thioether (sulfide) groups is 1. The van der Waals surface area contributed by atoms with Crippen LogP contribution in [0.1, 0.15) is 50.8 Å². The van der Waals surface area contributed by atoms with Gasteiger partial charge in [-0.1, -0.05) is 11.8 Å². The molecule has 4 saturated carbocycles. The number of hydrogen-bond donors (Lipinski definition) is 1. The fourth-order valence-corrected chi connectivity index (χ4v) is 6.72. The quantitative estimate of drug-likeness (QED) is 0.850. The van der Waals surface area contributed by atoms with Crippen LogP contribution in [-0.2, 0) is 13.6 Å². The first-order valence-electron chi connectivity index (χ1n) is 8.38. The van der Waals surface area contributed by atoms with Crippen LogP contribution in [-0.4, -0.2) is 20.5 Å². The lowest BCUT2D eigenvalue weighted by atomic mass is 9.49. The Hall–Kier alpha value is -0.550. The van der Waals surface area contributed by atoms with E-state index in [0.717, 1.165) is 28.7 Å². The molecule has 0 spiro atoms. The van der Waals surface area contributed by atoms with E-state index in [-0.39, 0.29) is 0 Å². The first kappa shape index (κ1) is 14.1. The standard InChI is InChI=1S/C16H26N4S/c1-20-14(10-17)18-19-15(20)21-3-2-16-7-11-4-12(8-16)6-13(5-11)9-16/h11-13H,2-10,17H2,1H3. The minimum absolute atomic E-state index is 0.471. The van der Waals surface area contributed by atoms with Crippen LogP contribution >= 0.6 is 11.8 Å². The average molecular weight is 306 g/mol. The maximum Gasteiger partial charge on any atom is 0.190 e. The van der Waals surface area contributed by atoms with Gasteiger partial charge >= 0.3 is 0 Å². The van der Waals surface area contributed by atoms with Crippen LogP contribution in [0.3, 0.4) is 0 Å². The molecule has 0 aromatic carbocycles. The second-order valence-electron chi connectivity index (χ2n) is 7.68. The zero-order valence-corrected chi connectivity index (χ0v) is 13.7. The van der Waals surface area contributed by atoms with E-state index in [2.05, 4.69) is 10.2 Å². The van der Waals surface area contributed by atoms with Crippen LogP contribution in [0, 0.1) is 23.2 Å². The number of nitrogens with zero attached hydrogens (tertiary/aromatic N) is 3. The molecule has 5 heteroatoms. The molecule has 1 aromatic rings. The molecule has 0 amide bonds. The molecule has 0 saturated heterocycles. The van der Waals surface area contributed by atoms with Gasteiger partial charge in [-0.05, 0) is 68.1 Å². The molecule has 21 heavy (non-hydrogen) atoms. The molecule has 4 aliphatic carbocycles. The molecule has 116 valence electrons. The topological polar surface area (TPSA) is 56.7 Å². The van der Waals surface area contributed by atoms with Gasteiger partial charge < -0.3 is 10.3 Å². The highest BCUT2D eigenvalue weighted by Crippen LogP contribution is 2.61. The molecule has 1 heterocycles. The van der Waals surface area contributed by atoms with E-state index < -0.39 is 0 Å². The average Bonchev–Trinajstić information content (AvgIpc) is 2.78. The maximum absolute atomic E-state index is 5.66. The molecule has 4 fully saturated rings. The molecular formula is C16H26N4S. The SMILES string of the molecule is Cn1c(CN)nnc1SCCC12CC3CC(CC(C3)C1)C2. The molecule has 5 rings (SSSR count). The largest absolute Gasteiger partial charge is 0.324 e. The third kappa shape index (κ3) is 2.52. The summed E-state index contributed by atoms with van der Waals surface area (Å²) in [7, 11) is 2.02. The van der Waals surface area contributed by atoms with Gasteiger partial charge in [-0.2, -0.15) is 0 Å². The van der Waals surface area contributed by atoms with E-state index in [1.807, 2.05) is 23.4 Å². The van der Waals surface area contributed by atoms with Crippen LogP contribution in [0.5, 0.6) is 0 Å². The molecule has 4 nitrogen and oxygen atoms in total. The van der Waals surface area contributed by atoms with Gasteiger partial charge in [0.05, 0.1) is 6.54 Å². The lowest BCUT2D eigenvalue weighted by Gasteiger charge is -2.57. The van der Waals surface area contributed by atoms with Crippen molar-refractivity contribution in [1.29, 1.82) is 0 Å². The van der Waals surface area contributed by atoms with Crippen molar-refractivity contribution in [2.45, 2.75) is 56.6 Å². The Labute approximate surface area is 131 Å². The van der Waals surface area contributed by atoms with Gasteiger partial charge in [0.15, 0.2) is 5.16 Å². The molecule has 0 unspecified atom stereocenters. The summed E-state index contributed by atoms with van der Waals surface area (Å²) in [5, 5.41) is 9.44. The fraction of sp³-hybridized carbons (Fsp3) is 0.875. The Morgan fingerprint density at radius 1 is 1.14 bits per heavy atom. The third-order valence-electron chi connectivity index (χ3n) is 6.14. The minimum atomic E-state index is 0.471. The van der Waals surface area contributed by atoms with Gasteiger partial charge in [0.2, 0.25) is 0 Å². The molecule has 4 bridgehead atoms. The highest BCUT2D eigenvalue weighted by molar-refractivity contribution is 7.99. The van der Waals surface area contributed by atoms with Crippen molar-refractivity contribution in [3.05, 3.63) is 5.82 Å². The summed E-state index contributed by atoms with van der Waals surface area (Å²) in [6.45, 7) is 0.471. The van der Waals surface area contributed by atoms with Gasteiger partial charge in [-0.25, -0.2) is 0 Å². The number of nitrogens with two attached hydrogens (primary N) is 1. The summed E-state index contributed by atoms with van der Waals surface area (Å²) in [5.41, 5.74) is 6.34. The first-order chi connectivity index (χ1) is 10.2. The van der Waals surface area contributed by atoms with Crippen molar-refractivity contribution in [3.63, 3.8) is 0 Å². The van der Waals surface area contributed by atoms with Gasteiger partial charge in [-0.15, -0.1) is 10.2 Å². The molecule has 0 aliphatic heterocycles. The summed E-state index contributed by atoms with van der Waals surface area (Å²) >= 11 is 1.87. The maximum atomic E-state index is 5.66. The molecule has 1 aromatic heterocycles.